The quantitative estimate of drug-likeness (QED) is 0.444. The Balaban J connectivity index is 0.00000161. The zero-order chi connectivity index (χ0) is 13.8. The fourth-order valence-electron chi connectivity index (χ4n) is 2.44. The van der Waals surface area contributed by atoms with E-state index in [1.165, 1.54) is 17.0 Å². The van der Waals surface area contributed by atoms with E-state index in [1.54, 1.807) is 0 Å². The second-order valence-electron chi connectivity index (χ2n) is 5.07. The third-order valence-electron chi connectivity index (χ3n) is 3.65. The van der Waals surface area contributed by atoms with E-state index in [9.17, 15) is 0 Å². The van der Waals surface area contributed by atoms with Gasteiger partial charge in [0.15, 0.2) is 0 Å². The van der Waals surface area contributed by atoms with E-state index < -0.39 is 0 Å². The average molecular weight is 390 g/mol. The fraction of sp³-hybridized carbons (Fsp3) is 0.167. The van der Waals surface area contributed by atoms with Crippen molar-refractivity contribution in [1.82, 2.24) is 4.57 Å². The smallest absolute Gasteiger partial charge is 0.253 e. The first-order valence-electron chi connectivity index (χ1n) is 6.96. The summed E-state index contributed by atoms with van der Waals surface area (Å²) < 4.78 is 4.58. The van der Waals surface area contributed by atoms with Gasteiger partial charge in [0, 0.05) is 6.92 Å². The summed E-state index contributed by atoms with van der Waals surface area (Å²) in [6.45, 7) is 4.02. The Kier molecular flexibility index (Phi) is 5.56. The van der Waals surface area contributed by atoms with Crippen LogP contribution in [0.2, 0.25) is 0 Å². The number of benzene rings is 2. The molecule has 0 saturated carbocycles. The highest BCUT2D eigenvalue weighted by Gasteiger charge is 2.12. The summed E-state index contributed by atoms with van der Waals surface area (Å²) in [6, 6.07) is 21.1. The van der Waals surface area contributed by atoms with E-state index in [0.29, 0.717) is 0 Å². The highest BCUT2D eigenvalue weighted by molar-refractivity contribution is 5.15. The lowest BCUT2D eigenvalue weighted by atomic mass is 10.2. The first-order chi connectivity index (χ1) is 9.83. The molecule has 0 atom stereocenters. The van der Waals surface area contributed by atoms with Crippen molar-refractivity contribution in [2.24, 2.45) is 0 Å². The lowest BCUT2D eigenvalue weighted by molar-refractivity contribution is -0.693. The van der Waals surface area contributed by atoms with Crippen molar-refractivity contribution < 1.29 is 28.5 Å². The molecule has 21 heavy (non-hydrogen) atoms. The van der Waals surface area contributed by atoms with Crippen LogP contribution in [0.25, 0.3) is 0 Å². The monoisotopic (exact) mass is 390 g/mol. The van der Waals surface area contributed by atoms with E-state index in [4.69, 9.17) is 0 Å². The topological polar surface area (TPSA) is 8.81 Å². The number of imidazole rings is 1. The molecule has 2 aromatic carbocycles. The Morgan fingerprint density at radius 1 is 0.857 bits per heavy atom. The Hall–Kier alpha value is -1.62. The number of halogens is 1. The average Bonchev–Trinajstić information content (AvgIpc) is 2.83. The number of hydrogen-bond donors (Lipinski definition) is 0. The van der Waals surface area contributed by atoms with Crippen LogP contribution in [0.4, 0.5) is 0 Å². The van der Waals surface area contributed by atoms with Crippen molar-refractivity contribution >= 4 is 0 Å². The van der Waals surface area contributed by atoms with Crippen molar-refractivity contribution in [1.29, 1.82) is 0 Å². The molecule has 3 aromatic rings. The summed E-state index contributed by atoms with van der Waals surface area (Å²) >= 11 is 0. The zero-order valence-corrected chi connectivity index (χ0v) is 14.3. The number of nitrogens with zero attached hydrogens (tertiary/aromatic N) is 2. The lowest BCUT2D eigenvalue weighted by Gasteiger charge is -2.02. The third kappa shape index (κ3) is 3.94. The minimum absolute atomic E-state index is 0. The maximum atomic E-state index is 2.29. The third-order valence-corrected chi connectivity index (χ3v) is 3.65. The molecule has 108 valence electrons. The van der Waals surface area contributed by atoms with Crippen molar-refractivity contribution in [3.63, 3.8) is 0 Å². The lowest BCUT2D eigenvalue weighted by Crippen LogP contribution is -3.00. The van der Waals surface area contributed by atoms with Gasteiger partial charge in [0.1, 0.15) is 25.5 Å². The van der Waals surface area contributed by atoms with Crippen LogP contribution in [0.1, 0.15) is 17.0 Å². The molecule has 0 radical (unpaired) electrons. The van der Waals surface area contributed by atoms with Crippen molar-refractivity contribution in [3.8, 4) is 0 Å². The fourth-order valence-corrected chi connectivity index (χ4v) is 2.44. The van der Waals surface area contributed by atoms with Crippen molar-refractivity contribution in [2.45, 2.75) is 20.0 Å². The molecular formula is C18H19IN2. The second kappa shape index (κ2) is 7.41. The van der Waals surface area contributed by atoms with E-state index in [1.807, 2.05) is 0 Å². The highest BCUT2D eigenvalue weighted by Crippen LogP contribution is 2.05. The summed E-state index contributed by atoms with van der Waals surface area (Å²) in [5, 5.41) is 0. The van der Waals surface area contributed by atoms with Gasteiger partial charge < -0.3 is 24.0 Å². The van der Waals surface area contributed by atoms with Crippen LogP contribution in [-0.4, -0.2) is 4.57 Å². The van der Waals surface area contributed by atoms with Gasteiger partial charge in [-0.05, 0) is 11.1 Å². The Morgan fingerprint density at radius 2 is 1.43 bits per heavy atom. The Labute approximate surface area is 143 Å². The van der Waals surface area contributed by atoms with Gasteiger partial charge in [-0.2, -0.15) is 0 Å². The molecule has 0 amide bonds. The molecular weight excluding hydrogens is 371 g/mol. The standard InChI is InChI=1S/C18H19N2.HI/c1-16-19(14-17-8-4-2-5-9-17)12-13-20(16)15-18-10-6-3-7-11-18;/h2-13H,14-15H2,1H3;1H/q+1;/p-1. The van der Waals surface area contributed by atoms with E-state index in [0.717, 1.165) is 13.1 Å². The largest absolute Gasteiger partial charge is 1.00 e. The maximum Gasteiger partial charge on any atom is 0.253 e. The van der Waals surface area contributed by atoms with Gasteiger partial charge in [0.2, 0.25) is 0 Å². The minimum atomic E-state index is 0. The molecule has 0 bridgehead atoms. The van der Waals surface area contributed by atoms with Crippen LogP contribution >= 0.6 is 0 Å². The molecule has 3 heteroatoms. The molecule has 2 nitrogen and oxygen atoms in total. The van der Waals surface area contributed by atoms with Gasteiger partial charge >= 0.3 is 0 Å². The van der Waals surface area contributed by atoms with Gasteiger partial charge in [-0.3, -0.25) is 0 Å². The van der Waals surface area contributed by atoms with Gasteiger partial charge in [0.25, 0.3) is 5.82 Å². The summed E-state index contributed by atoms with van der Waals surface area (Å²) in [4.78, 5) is 0. The van der Waals surface area contributed by atoms with Crippen LogP contribution in [0.5, 0.6) is 0 Å². The van der Waals surface area contributed by atoms with Gasteiger partial charge in [0.05, 0.1) is 0 Å². The second-order valence-corrected chi connectivity index (χ2v) is 5.07. The van der Waals surface area contributed by atoms with Gasteiger partial charge in [-0.25, -0.2) is 9.13 Å². The number of rotatable bonds is 4. The summed E-state index contributed by atoms with van der Waals surface area (Å²) in [5.41, 5.74) is 2.66. The minimum Gasteiger partial charge on any atom is -1.00 e. The molecule has 1 heterocycles. The van der Waals surface area contributed by atoms with Crippen LogP contribution in [0, 0.1) is 6.92 Å². The highest BCUT2D eigenvalue weighted by atomic mass is 127. The summed E-state index contributed by atoms with van der Waals surface area (Å²) in [6.07, 6.45) is 4.32. The molecule has 1 aromatic heterocycles. The van der Waals surface area contributed by atoms with Crippen molar-refractivity contribution in [2.75, 3.05) is 0 Å². The SMILES string of the molecule is Cc1n(Cc2ccccc2)cc[n+]1Cc1ccccc1.[I-]. The van der Waals surface area contributed by atoms with E-state index >= 15 is 0 Å². The molecule has 3 rings (SSSR count). The molecule has 0 fully saturated rings. The normalized spacial score (nSPS) is 10.1. The van der Waals surface area contributed by atoms with Crippen LogP contribution < -0.4 is 28.5 Å². The molecule has 0 aliphatic carbocycles. The van der Waals surface area contributed by atoms with E-state index in [-0.39, 0.29) is 24.0 Å². The Morgan fingerprint density at radius 3 is 2.05 bits per heavy atom. The molecule has 0 aliphatic rings. The summed E-state index contributed by atoms with van der Waals surface area (Å²) in [7, 11) is 0. The number of aromatic nitrogens is 2. The maximum absolute atomic E-state index is 2.29. The zero-order valence-electron chi connectivity index (χ0n) is 12.1. The van der Waals surface area contributed by atoms with Crippen LogP contribution in [0.3, 0.4) is 0 Å². The Bertz CT molecular complexity index is 616. The molecule has 0 aliphatic heterocycles. The molecule has 0 saturated heterocycles. The first kappa shape index (κ1) is 15.8. The predicted molar refractivity (Wildman–Crippen MR) is 80.5 cm³/mol. The molecule has 0 spiro atoms. The van der Waals surface area contributed by atoms with Gasteiger partial charge in [-0.1, -0.05) is 60.7 Å². The molecule has 0 unspecified atom stereocenters. The van der Waals surface area contributed by atoms with Crippen molar-refractivity contribution in [3.05, 3.63) is 90.0 Å². The first-order valence-corrected chi connectivity index (χ1v) is 6.96. The van der Waals surface area contributed by atoms with Crippen LogP contribution in [0.15, 0.2) is 73.1 Å². The number of hydrogen-bond acceptors (Lipinski definition) is 0. The predicted octanol–water partition coefficient (Wildman–Crippen LogP) is 0.185. The van der Waals surface area contributed by atoms with Gasteiger partial charge in [-0.15, -0.1) is 0 Å². The molecule has 0 N–H and O–H groups in total. The van der Waals surface area contributed by atoms with E-state index in [2.05, 4.69) is 89.1 Å². The van der Waals surface area contributed by atoms with Crippen LogP contribution in [-0.2, 0) is 13.1 Å². The summed E-state index contributed by atoms with van der Waals surface area (Å²) in [5.74, 6) is 1.28.